The lowest BCUT2D eigenvalue weighted by Crippen LogP contribution is -2.47. The van der Waals surface area contributed by atoms with Crippen LogP contribution in [0.4, 0.5) is 0 Å². The smallest absolute Gasteiger partial charge is 0.119 e. The van der Waals surface area contributed by atoms with Crippen LogP contribution in [0.25, 0.3) is 0 Å². The minimum absolute atomic E-state index is 0.341. The number of ether oxygens (including phenoxy) is 1. The quantitative estimate of drug-likeness (QED) is 0.887. The predicted molar refractivity (Wildman–Crippen MR) is 79.6 cm³/mol. The van der Waals surface area contributed by atoms with Crippen LogP contribution in [-0.2, 0) is 0 Å². The van der Waals surface area contributed by atoms with Crippen LogP contribution in [-0.4, -0.2) is 67.4 Å². The van der Waals surface area contributed by atoms with Gasteiger partial charge in [0.1, 0.15) is 18.5 Å². The summed E-state index contributed by atoms with van der Waals surface area (Å²) < 4.78 is 6.60. The molecule has 1 unspecified atom stereocenters. The van der Waals surface area contributed by atoms with Crippen molar-refractivity contribution in [3.05, 3.63) is 28.7 Å². The second-order valence-corrected chi connectivity index (χ2v) is 5.94. The molecule has 0 aromatic heterocycles. The van der Waals surface area contributed by atoms with Crippen molar-refractivity contribution in [2.75, 3.05) is 46.4 Å². The van der Waals surface area contributed by atoms with Crippen molar-refractivity contribution in [1.29, 1.82) is 0 Å². The van der Waals surface area contributed by atoms with E-state index in [0.29, 0.717) is 13.2 Å². The average molecular weight is 329 g/mol. The highest BCUT2D eigenvalue weighted by molar-refractivity contribution is 9.10. The molecule has 1 aromatic carbocycles. The highest BCUT2D eigenvalue weighted by atomic mass is 79.9. The van der Waals surface area contributed by atoms with E-state index in [-0.39, 0.29) is 0 Å². The Morgan fingerprint density at radius 2 is 1.84 bits per heavy atom. The molecular formula is C14H21BrN2O2. The summed E-state index contributed by atoms with van der Waals surface area (Å²) in [5.41, 5.74) is 0. The second kappa shape index (κ2) is 7.24. The van der Waals surface area contributed by atoms with Gasteiger partial charge in [0.2, 0.25) is 0 Å². The van der Waals surface area contributed by atoms with E-state index in [1.807, 2.05) is 24.3 Å². The van der Waals surface area contributed by atoms with Gasteiger partial charge >= 0.3 is 0 Å². The Kier molecular flexibility index (Phi) is 5.63. The van der Waals surface area contributed by atoms with Crippen molar-refractivity contribution in [3.63, 3.8) is 0 Å². The van der Waals surface area contributed by atoms with Gasteiger partial charge in [-0.2, -0.15) is 0 Å². The zero-order valence-electron chi connectivity index (χ0n) is 11.3. The van der Waals surface area contributed by atoms with Crippen molar-refractivity contribution < 1.29 is 9.84 Å². The zero-order chi connectivity index (χ0) is 13.7. The second-order valence-electron chi connectivity index (χ2n) is 5.02. The first-order chi connectivity index (χ1) is 9.13. The summed E-state index contributed by atoms with van der Waals surface area (Å²) in [6, 6.07) is 7.66. The van der Waals surface area contributed by atoms with Gasteiger partial charge in [-0.15, -0.1) is 0 Å². The maximum Gasteiger partial charge on any atom is 0.119 e. The van der Waals surface area contributed by atoms with Gasteiger partial charge in [0.25, 0.3) is 0 Å². The topological polar surface area (TPSA) is 35.9 Å². The fourth-order valence-corrected chi connectivity index (χ4v) is 2.37. The van der Waals surface area contributed by atoms with E-state index in [0.717, 1.165) is 36.4 Å². The Hall–Kier alpha value is -0.620. The Bertz CT molecular complexity index is 378. The third kappa shape index (κ3) is 5.10. The highest BCUT2D eigenvalue weighted by Gasteiger charge is 2.17. The number of rotatable bonds is 5. The molecule has 1 N–H and O–H groups in total. The first-order valence-electron chi connectivity index (χ1n) is 6.61. The number of piperazine rings is 1. The van der Waals surface area contributed by atoms with Crippen LogP contribution in [0.3, 0.4) is 0 Å². The van der Waals surface area contributed by atoms with Crippen LogP contribution >= 0.6 is 15.9 Å². The van der Waals surface area contributed by atoms with Crippen molar-refractivity contribution >= 4 is 15.9 Å². The molecular weight excluding hydrogens is 308 g/mol. The molecule has 0 radical (unpaired) electrons. The fourth-order valence-electron chi connectivity index (χ4n) is 2.10. The van der Waals surface area contributed by atoms with Gasteiger partial charge in [-0.1, -0.05) is 15.9 Å². The van der Waals surface area contributed by atoms with Gasteiger partial charge in [-0.3, -0.25) is 4.90 Å². The molecule has 106 valence electrons. The molecule has 1 saturated heterocycles. The molecule has 0 amide bonds. The minimum atomic E-state index is -0.438. The van der Waals surface area contributed by atoms with Crippen molar-refractivity contribution in [2.45, 2.75) is 6.10 Å². The molecule has 1 aliphatic rings. The van der Waals surface area contributed by atoms with E-state index in [2.05, 4.69) is 32.8 Å². The summed E-state index contributed by atoms with van der Waals surface area (Å²) in [6.45, 7) is 5.20. The van der Waals surface area contributed by atoms with Crippen LogP contribution < -0.4 is 4.74 Å². The van der Waals surface area contributed by atoms with Gasteiger partial charge in [0.05, 0.1) is 0 Å². The Balaban J connectivity index is 1.69. The summed E-state index contributed by atoms with van der Waals surface area (Å²) in [4.78, 5) is 4.59. The standard InChI is InChI=1S/C14H21BrN2O2/c1-16-6-8-17(9-7-16)10-13(18)11-19-14-4-2-12(15)3-5-14/h2-5,13,18H,6-11H2,1H3. The summed E-state index contributed by atoms with van der Waals surface area (Å²) >= 11 is 3.38. The number of benzene rings is 1. The lowest BCUT2D eigenvalue weighted by atomic mass is 10.3. The zero-order valence-corrected chi connectivity index (χ0v) is 12.8. The van der Waals surface area contributed by atoms with Crippen LogP contribution in [0.1, 0.15) is 0 Å². The van der Waals surface area contributed by atoms with E-state index < -0.39 is 6.10 Å². The third-order valence-corrected chi connectivity index (χ3v) is 3.85. The monoisotopic (exact) mass is 328 g/mol. The maximum atomic E-state index is 9.99. The molecule has 4 nitrogen and oxygen atoms in total. The van der Waals surface area contributed by atoms with Gasteiger partial charge < -0.3 is 14.7 Å². The van der Waals surface area contributed by atoms with Gasteiger partial charge in [0, 0.05) is 37.2 Å². The molecule has 1 aliphatic heterocycles. The van der Waals surface area contributed by atoms with Crippen LogP contribution in [0, 0.1) is 0 Å². The molecule has 2 rings (SSSR count). The van der Waals surface area contributed by atoms with Gasteiger partial charge in [0.15, 0.2) is 0 Å². The van der Waals surface area contributed by atoms with Crippen LogP contribution in [0.5, 0.6) is 5.75 Å². The lowest BCUT2D eigenvalue weighted by molar-refractivity contribution is 0.0505. The molecule has 19 heavy (non-hydrogen) atoms. The SMILES string of the molecule is CN1CCN(CC(O)COc2ccc(Br)cc2)CC1. The van der Waals surface area contributed by atoms with Crippen LogP contribution in [0.2, 0.25) is 0 Å². The first-order valence-corrected chi connectivity index (χ1v) is 7.40. The number of aliphatic hydroxyl groups excluding tert-OH is 1. The van der Waals surface area contributed by atoms with E-state index in [1.165, 1.54) is 0 Å². The van der Waals surface area contributed by atoms with E-state index in [1.54, 1.807) is 0 Å². The third-order valence-electron chi connectivity index (χ3n) is 3.32. The minimum Gasteiger partial charge on any atom is -0.491 e. The molecule has 1 atom stereocenters. The number of aliphatic hydroxyl groups is 1. The Morgan fingerprint density at radius 1 is 1.21 bits per heavy atom. The highest BCUT2D eigenvalue weighted by Crippen LogP contribution is 2.16. The summed E-state index contributed by atoms with van der Waals surface area (Å²) in [7, 11) is 2.13. The molecule has 5 heteroatoms. The van der Waals surface area contributed by atoms with Crippen LogP contribution in [0.15, 0.2) is 28.7 Å². The number of hydrogen-bond donors (Lipinski definition) is 1. The number of halogens is 1. The van der Waals surface area contributed by atoms with Crippen molar-refractivity contribution in [3.8, 4) is 5.75 Å². The summed E-state index contributed by atoms with van der Waals surface area (Å²) in [5.74, 6) is 0.792. The molecule has 0 bridgehead atoms. The van der Waals surface area contributed by atoms with Crippen molar-refractivity contribution in [1.82, 2.24) is 9.80 Å². The Labute approximate surface area is 123 Å². The fraction of sp³-hybridized carbons (Fsp3) is 0.571. The van der Waals surface area contributed by atoms with Crippen molar-refractivity contribution in [2.24, 2.45) is 0 Å². The first kappa shape index (κ1) is 14.8. The molecule has 1 aromatic rings. The van der Waals surface area contributed by atoms with Gasteiger partial charge in [-0.05, 0) is 31.3 Å². The molecule has 0 spiro atoms. The molecule has 0 saturated carbocycles. The van der Waals surface area contributed by atoms with E-state index in [9.17, 15) is 5.11 Å². The normalized spacial score (nSPS) is 19.3. The number of nitrogens with zero attached hydrogens (tertiary/aromatic N) is 2. The summed E-state index contributed by atoms with van der Waals surface area (Å²) in [6.07, 6.45) is -0.438. The molecule has 1 fully saturated rings. The largest absolute Gasteiger partial charge is 0.491 e. The molecule has 1 heterocycles. The average Bonchev–Trinajstić information content (AvgIpc) is 2.41. The lowest BCUT2D eigenvalue weighted by Gasteiger charge is -2.33. The number of β-amino-alcohol motifs (C(OH)–C–C–N with tert-alkyl or cyclic N) is 1. The van der Waals surface area contributed by atoms with E-state index >= 15 is 0 Å². The number of likely N-dealkylation sites (N-methyl/N-ethyl adjacent to an activating group) is 1. The number of hydrogen-bond acceptors (Lipinski definition) is 4. The predicted octanol–water partition coefficient (Wildman–Crippen LogP) is 1.44. The molecule has 0 aliphatic carbocycles. The Morgan fingerprint density at radius 3 is 2.47 bits per heavy atom. The van der Waals surface area contributed by atoms with Gasteiger partial charge in [-0.25, -0.2) is 0 Å². The van der Waals surface area contributed by atoms with E-state index in [4.69, 9.17) is 4.74 Å². The maximum absolute atomic E-state index is 9.99. The summed E-state index contributed by atoms with van der Waals surface area (Å²) in [5, 5.41) is 9.99.